The summed E-state index contributed by atoms with van der Waals surface area (Å²) in [5, 5.41) is 0.804. The second-order valence-corrected chi connectivity index (χ2v) is 8.47. The number of nitrogens with one attached hydrogen (secondary N) is 2. The Morgan fingerprint density at radius 3 is 2.22 bits per heavy atom. The molecule has 9 nitrogen and oxygen atoms in total. The highest BCUT2D eigenvalue weighted by Gasteiger charge is 2.35. The molecule has 186 valence electrons. The summed E-state index contributed by atoms with van der Waals surface area (Å²) < 4.78 is 11.2. The fourth-order valence-corrected chi connectivity index (χ4v) is 4.33. The lowest BCUT2D eigenvalue weighted by Crippen LogP contribution is -2.42. The SMILES string of the molecule is CCOc1ccc(CN2C(=O)c3ccccc3C2=O)cc1C(=O)NNC(=O)c1oc2ccccc2c1C. The molecular weight excluding hydrogens is 474 g/mol. The Morgan fingerprint density at radius 1 is 0.892 bits per heavy atom. The highest BCUT2D eigenvalue weighted by atomic mass is 16.5. The van der Waals surface area contributed by atoms with Crippen molar-refractivity contribution in [2.24, 2.45) is 0 Å². The maximum Gasteiger partial charge on any atom is 0.305 e. The van der Waals surface area contributed by atoms with Gasteiger partial charge in [-0.05, 0) is 49.7 Å². The van der Waals surface area contributed by atoms with Gasteiger partial charge in [-0.15, -0.1) is 0 Å². The predicted octanol–water partition coefficient (Wildman–Crippen LogP) is 4.01. The third kappa shape index (κ3) is 4.31. The standard InChI is InChI=1S/C28H23N3O6/c1-3-36-22-13-12-17(15-31-27(34)19-9-4-5-10-20(19)28(31)35)14-21(22)25(32)29-30-26(33)24-16(2)18-8-6-7-11-23(18)37-24/h4-14H,3,15H2,1-2H3,(H,29,32)(H,30,33). The van der Waals surface area contributed by atoms with Crippen molar-refractivity contribution >= 4 is 34.6 Å². The van der Waals surface area contributed by atoms with Gasteiger partial charge < -0.3 is 9.15 Å². The van der Waals surface area contributed by atoms with Gasteiger partial charge in [-0.1, -0.05) is 36.4 Å². The molecule has 1 aromatic heterocycles. The van der Waals surface area contributed by atoms with Crippen molar-refractivity contribution in [2.75, 3.05) is 6.61 Å². The predicted molar refractivity (Wildman–Crippen MR) is 134 cm³/mol. The molecule has 9 heteroatoms. The topological polar surface area (TPSA) is 118 Å². The average molecular weight is 498 g/mol. The monoisotopic (exact) mass is 497 g/mol. The molecule has 0 aliphatic carbocycles. The molecule has 1 aliphatic rings. The van der Waals surface area contributed by atoms with E-state index in [1.54, 1.807) is 62.4 Å². The van der Waals surface area contributed by atoms with Crippen molar-refractivity contribution in [1.29, 1.82) is 0 Å². The molecule has 2 heterocycles. The zero-order valence-corrected chi connectivity index (χ0v) is 20.2. The minimum atomic E-state index is -0.630. The quantitative estimate of drug-likeness (QED) is 0.307. The number of hydrogen-bond donors (Lipinski definition) is 2. The number of rotatable bonds is 6. The molecule has 3 aromatic carbocycles. The lowest BCUT2D eigenvalue weighted by molar-refractivity contribution is 0.0642. The van der Waals surface area contributed by atoms with Crippen molar-refractivity contribution in [2.45, 2.75) is 20.4 Å². The minimum Gasteiger partial charge on any atom is -0.493 e. The Kier molecular flexibility index (Phi) is 6.19. The molecule has 4 aromatic rings. The third-order valence-electron chi connectivity index (χ3n) is 6.15. The first-order valence-electron chi connectivity index (χ1n) is 11.7. The molecule has 0 atom stereocenters. The van der Waals surface area contributed by atoms with E-state index in [9.17, 15) is 19.2 Å². The minimum absolute atomic E-state index is 0.0242. The highest BCUT2D eigenvalue weighted by Crippen LogP contribution is 2.27. The number of fused-ring (bicyclic) bond motifs is 2. The van der Waals surface area contributed by atoms with Crippen LogP contribution in [0, 0.1) is 6.92 Å². The summed E-state index contributed by atoms with van der Waals surface area (Å²) in [6.45, 7) is 3.82. The van der Waals surface area contributed by atoms with Gasteiger partial charge in [-0.3, -0.25) is 34.9 Å². The third-order valence-corrected chi connectivity index (χ3v) is 6.15. The molecular formula is C28H23N3O6. The largest absolute Gasteiger partial charge is 0.493 e. The second kappa shape index (κ2) is 9.62. The van der Waals surface area contributed by atoms with Gasteiger partial charge in [0.2, 0.25) is 0 Å². The lowest BCUT2D eigenvalue weighted by atomic mass is 10.1. The Hall–Kier alpha value is -4.92. The van der Waals surface area contributed by atoms with Crippen LogP contribution in [0.3, 0.4) is 0 Å². The Labute approximate surface area is 212 Å². The number of aryl methyl sites for hydroxylation is 1. The summed E-state index contributed by atoms with van der Waals surface area (Å²) in [6, 6.07) is 18.7. The molecule has 2 N–H and O–H groups in total. The van der Waals surface area contributed by atoms with Crippen LogP contribution in [0.5, 0.6) is 5.75 Å². The number of imide groups is 1. The zero-order valence-electron chi connectivity index (χ0n) is 20.2. The molecule has 1 aliphatic heterocycles. The van der Waals surface area contributed by atoms with Crippen LogP contribution in [0.4, 0.5) is 0 Å². The summed E-state index contributed by atoms with van der Waals surface area (Å²) in [6.07, 6.45) is 0. The number of carbonyl (C=O) groups is 4. The van der Waals surface area contributed by atoms with Crippen LogP contribution in [0.2, 0.25) is 0 Å². The van der Waals surface area contributed by atoms with Crippen LogP contribution in [0.1, 0.15) is 59.7 Å². The molecule has 0 unspecified atom stereocenters. The number of furan rings is 1. The fourth-order valence-electron chi connectivity index (χ4n) is 4.33. The summed E-state index contributed by atoms with van der Waals surface area (Å²) >= 11 is 0. The van der Waals surface area contributed by atoms with Crippen molar-refractivity contribution in [3.63, 3.8) is 0 Å². The maximum atomic E-state index is 13.0. The van der Waals surface area contributed by atoms with E-state index in [-0.39, 0.29) is 17.9 Å². The molecule has 0 spiro atoms. The van der Waals surface area contributed by atoms with E-state index in [4.69, 9.17) is 9.15 Å². The first-order valence-corrected chi connectivity index (χ1v) is 11.7. The van der Waals surface area contributed by atoms with E-state index in [1.165, 1.54) is 6.07 Å². The lowest BCUT2D eigenvalue weighted by Gasteiger charge is -2.16. The number of hydrogen-bond acceptors (Lipinski definition) is 6. The molecule has 0 radical (unpaired) electrons. The van der Waals surface area contributed by atoms with E-state index in [1.807, 2.05) is 12.1 Å². The van der Waals surface area contributed by atoms with Gasteiger partial charge in [-0.25, -0.2) is 0 Å². The van der Waals surface area contributed by atoms with Crippen LogP contribution in [0.25, 0.3) is 11.0 Å². The number of amides is 4. The molecule has 0 fully saturated rings. The van der Waals surface area contributed by atoms with Gasteiger partial charge in [-0.2, -0.15) is 0 Å². The Bertz CT molecular complexity index is 1540. The average Bonchev–Trinajstić information content (AvgIpc) is 3.38. The first kappa shape index (κ1) is 23.8. The second-order valence-electron chi connectivity index (χ2n) is 8.47. The molecule has 0 saturated heterocycles. The van der Waals surface area contributed by atoms with Crippen LogP contribution < -0.4 is 15.6 Å². The summed E-state index contributed by atoms with van der Waals surface area (Å²) in [4.78, 5) is 52.4. The van der Waals surface area contributed by atoms with Gasteiger partial charge in [0.05, 0.1) is 29.8 Å². The molecule has 0 saturated carbocycles. The van der Waals surface area contributed by atoms with Gasteiger partial charge in [0.25, 0.3) is 17.7 Å². The van der Waals surface area contributed by atoms with Gasteiger partial charge in [0, 0.05) is 10.9 Å². The van der Waals surface area contributed by atoms with Gasteiger partial charge in [0.15, 0.2) is 5.76 Å². The molecule has 4 amide bonds. The highest BCUT2D eigenvalue weighted by molar-refractivity contribution is 6.21. The van der Waals surface area contributed by atoms with Crippen molar-refractivity contribution in [3.8, 4) is 5.75 Å². The summed E-state index contributed by atoms with van der Waals surface area (Å²) in [5.74, 6) is -1.65. The number of carbonyl (C=O) groups excluding carboxylic acids is 4. The Morgan fingerprint density at radius 2 is 1.54 bits per heavy atom. The zero-order chi connectivity index (χ0) is 26.1. The number of nitrogens with zero attached hydrogens (tertiary/aromatic N) is 1. The van der Waals surface area contributed by atoms with Crippen LogP contribution >= 0.6 is 0 Å². The smallest absolute Gasteiger partial charge is 0.305 e. The van der Waals surface area contributed by atoms with E-state index >= 15 is 0 Å². The maximum absolute atomic E-state index is 13.0. The number of benzene rings is 3. The number of para-hydroxylation sites is 1. The normalized spacial score (nSPS) is 12.5. The van der Waals surface area contributed by atoms with Crippen molar-refractivity contribution in [3.05, 3.63) is 100 Å². The van der Waals surface area contributed by atoms with Crippen LogP contribution in [-0.2, 0) is 6.54 Å². The molecule has 0 bridgehead atoms. The molecule has 37 heavy (non-hydrogen) atoms. The van der Waals surface area contributed by atoms with E-state index in [2.05, 4.69) is 10.9 Å². The van der Waals surface area contributed by atoms with Crippen LogP contribution in [0.15, 0.2) is 71.1 Å². The number of ether oxygens (including phenoxy) is 1. The van der Waals surface area contributed by atoms with E-state index in [0.29, 0.717) is 40.2 Å². The summed E-state index contributed by atoms with van der Waals surface area (Å²) in [5.41, 5.74) is 7.37. The van der Waals surface area contributed by atoms with Gasteiger partial charge >= 0.3 is 5.91 Å². The molecule has 5 rings (SSSR count). The number of hydrazine groups is 1. The van der Waals surface area contributed by atoms with Crippen molar-refractivity contribution in [1.82, 2.24) is 15.8 Å². The summed E-state index contributed by atoms with van der Waals surface area (Å²) in [7, 11) is 0. The first-order chi connectivity index (χ1) is 17.9. The van der Waals surface area contributed by atoms with E-state index in [0.717, 1.165) is 10.3 Å². The van der Waals surface area contributed by atoms with E-state index < -0.39 is 23.6 Å². The fraction of sp³-hybridized carbons (Fsp3) is 0.143. The Balaban J connectivity index is 1.34. The van der Waals surface area contributed by atoms with Crippen molar-refractivity contribution < 1.29 is 28.3 Å². The van der Waals surface area contributed by atoms with Crippen LogP contribution in [-0.4, -0.2) is 35.1 Å². The van der Waals surface area contributed by atoms with Gasteiger partial charge in [0.1, 0.15) is 11.3 Å².